The van der Waals surface area contributed by atoms with Crippen molar-refractivity contribution in [2.24, 2.45) is 11.8 Å². The van der Waals surface area contributed by atoms with Gasteiger partial charge in [-0.2, -0.15) is 0 Å². The largest absolute Gasteiger partial charge is 0.447 e. The number of cyclic esters (lactones) is 1. The minimum Gasteiger partial charge on any atom is -0.447 e. The van der Waals surface area contributed by atoms with Gasteiger partial charge in [0.1, 0.15) is 12.2 Å². The van der Waals surface area contributed by atoms with E-state index in [1.165, 1.54) is 4.90 Å². The highest BCUT2D eigenvalue weighted by Gasteiger charge is 2.47. The fourth-order valence-corrected chi connectivity index (χ4v) is 4.51. The van der Waals surface area contributed by atoms with Crippen molar-refractivity contribution in [3.05, 3.63) is 71.8 Å². The molecule has 0 aliphatic carbocycles. The van der Waals surface area contributed by atoms with Crippen molar-refractivity contribution in [3.63, 3.8) is 0 Å². The smallest absolute Gasteiger partial charge is 0.416 e. The van der Waals surface area contributed by atoms with Crippen molar-refractivity contribution in [1.82, 2.24) is 9.80 Å². The molecule has 0 aromatic heterocycles. The normalized spacial score (nSPS) is 19.4. The van der Waals surface area contributed by atoms with Gasteiger partial charge in [-0.25, -0.2) is 14.5 Å². The molecular formula is C27H32N2O5. The Morgan fingerprint density at radius 1 is 1.00 bits per heavy atom. The van der Waals surface area contributed by atoms with Crippen molar-refractivity contribution in [1.29, 1.82) is 0 Å². The van der Waals surface area contributed by atoms with Crippen LogP contribution in [0, 0.1) is 11.8 Å². The number of likely N-dealkylation sites (tertiary alicyclic amines) is 1. The van der Waals surface area contributed by atoms with Crippen molar-refractivity contribution < 1.29 is 23.9 Å². The summed E-state index contributed by atoms with van der Waals surface area (Å²) in [6, 6.07) is 19.2. The quantitative estimate of drug-likeness (QED) is 0.637. The average Bonchev–Trinajstić information content (AvgIpc) is 3.11. The van der Waals surface area contributed by atoms with Gasteiger partial charge in [-0.1, -0.05) is 60.7 Å². The molecule has 7 heteroatoms. The van der Waals surface area contributed by atoms with Gasteiger partial charge < -0.3 is 14.4 Å². The molecule has 0 bridgehead atoms. The molecule has 0 spiro atoms. The molecule has 180 valence electrons. The Bertz CT molecular complexity index is 1010. The Morgan fingerprint density at radius 2 is 1.59 bits per heavy atom. The van der Waals surface area contributed by atoms with Crippen LogP contribution in [0.25, 0.3) is 0 Å². The van der Waals surface area contributed by atoms with E-state index < -0.39 is 17.6 Å². The molecule has 2 atom stereocenters. The third kappa shape index (κ3) is 5.58. The fourth-order valence-electron chi connectivity index (χ4n) is 4.51. The van der Waals surface area contributed by atoms with E-state index in [0.717, 1.165) is 11.1 Å². The van der Waals surface area contributed by atoms with Crippen LogP contribution >= 0.6 is 0 Å². The fraction of sp³-hybridized carbons (Fsp3) is 0.444. The molecule has 2 saturated heterocycles. The molecule has 0 unspecified atom stereocenters. The Morgan fingerprint density at radius 3 is 2.18 bits per heavy atom. The maximum atomic E-state index is 13.8. The number of imide groups is 1. The first-order valence-corrected chi connectivity index (χ1v) is 11.8. The highest BCUT2D eigenvalue weighted by molar-refractivity contribution is 5.95. The first-order valence-electron chi connectivity index (χ1n) is 11.8. The van der Waals surface area contributed by atoms with Gasteiger partial charge in [0.15, 0.2) is 0 Å². The third-order valence-corrected chi connectivity index (χ3v) is 6.26. The van der Waals surface area contributed by atoms with Crippen LogP contribution in [0.2, 0.25) is 0 Å². The average molecular weight is 465 g/mol. The number of carbonyl (C=O) groups is 3. The lowest BCUT2D eigenvalue weighted by Crippen LogP contribution is -2.57. The highest BCUT2D eigenvalue weighted by Crippen LogP contribution is 2.32. The molecule has 2 aliphatic rings. The van der Waals surface area contributed by atoms with E-state index in [4.69, 9.17) is 9.47 Å². The van der Waals surface area contributed by atoms with E-state index in [9.17, 15) is 14.4 Å². The molecule has 4 rings (SSSR count). The van der Waals surface area contributed by atoms with E-state index in [1.807, 2.05) is 81.4 Å². The maximum Gasteiger partial charge on any atom is 0.416 e. The van der Waals surface area contributed by atoms with Crippen LogP contribution in [0.1, 0.15) is 31.9 Å². The van der Waals surface area contributed by atoms with Gasteiger partial charge in [0.05, 0.1) is 6.04 Å². The summed E-state index contributed by atoms with van der Waals surface area (Å²) in [6.45, 7) is 6.52. The summed E-state index contributed by atoms with van der Waals surface area (Å²) in [5, 5.41) is 0. The summed E-state index contributed by atoms with van der Waals surface area (Å²) in [7, 11) is 0. The molecule has 3 amide bonds. The van der Waals surface area contributed by atoms with Crippen LogP contribution in [0.5, 0.6) is 0 Å². The van der Waals surface area contributed by atoms with Crippen LogP contribution < -0.4 is 0 Å². The summed E-state index contributed by atoms with van der Waals surface area (Å²) in [5.74, 6) is -0.739. The lowest BCUT2D eigenvalue weighted by Gasteiger charge is -2.43. The van der Waals surface area contributed by atoms with Crippen LogP contribution in [-0.2, 0) is 27.1 Å². The molecule has 2 aromatic rings. The summed E-state index contributed by atoms with van der Waals surface area (Å²) >= 11 is 0. The van der Waals surface area contributed by atoms with Gasteiger partial charge in [-0.15, -0.1) is 0 Å². The van der Waals surface area contributed by atoms with E-state index in [0.29, 0.717) is 25.9 Å². The van der Waals surface area contributed by atoms with Crippen molar-refractivity contribution in [3.8, 4) is 0 Å². The molecule has 0 radical (unpaired) electrons. The number of amides is 3. The van der Waals surface area contributed by atoms with E-state index in [1.54, 1.807) is 4.90 Å². The van der Waals surface area contributed by atoms with E-state index >= 15 is 0 Å². The van der Waals surface area contributed by atoms with Crippen LogP contribution in [0.3, 0.4) is 0 Å². The van der Waals surface area contributed by atoms with Crippen LogP contribution in [0.4, 0.5) is 9.59 Å². The van der Waals surface area contributed by atoms with Crippen LogP contribution in [0.15, 0.2) is 60.7 Å². The van der Waals surface area contributed by atoms with Crippen molar-refractivity contribution in [2.45, 2.75) is 45.3 Å². The summed E-state index contributed by atoms with van der Waals surface area (Å²) in [4.78, 5) is 41.8. The number of hydrogen-bond donors (Lipinski definition) is 0. The Hall–Kier alpha value is -3.35. The predicted octanol–water partition coefficient (Wildman–Crippen LogP) is 4.30. The Balaban J connectivity index is 1.51. The SMILES string of the molecule is CC(C)(C)OC(=O)N1CC([C@H](Cc2ccccc2)C(=O)N2C(=O)OC[C@@H]2Cc2ccccc2)C1. The predicted molar refractivity (Wildman–Crippen MR) is 127 cm³/mol. The van der Waals surface area contributed by atoms with Gasteiger partial charge in [-0.3, -0.25) is 4.79 Å². The van der Waals surface area contributed by atoms with Crippen molar-refractivity contribution >= 4 is 18.1 Å². The zero-order valence-corrected chi connectivity index (χ0v) is 20.0. The zero-order chi connectivity index (χ0) is 24.3. The minimum atomic E-state index is -0.590. The molecule has 7 nitrogen and oxygen atoms in total. The first kappa shape index (κ1) is 23.8. The Labute approximate surface area is 200 Å². The Kier molecular flexibility index (Phi) is 6.91. The molecule has 2 aromatic carbocycles. The third-order valence-electron chi connectivity index (χ3n) is 6.26. The maximum absolute atomic E-state index is 13.8. The van der Waals surface area contributed by atoms with Gasteiger partial charge >= 0.3 is 12.2 Å². The topological polar surface area (TPSA) is 76.2 Å². The second-order valence-corrected chi connectivity index (χ2v) is 10.1. The molecule has 0 N–H and O–H groups in total. The number of nitrogens with zero attached hydrogens (tertiary/aromatic N) is 2. The molecule has 2 aliphatic heterocycles. The molecule has 2 fully saturated rings. The van der Waals surface area contributed by atoms with Crippen molar-refractivity contribution in [2.75, 3.05) is 19.7 Å². The molecule has 2 heterocycles. The number of ether oxygens (including phenoxy) is 2. The second kappa shape index (κ2) is 9.87. The van der Waals surface area contributed by atoms with E-state index in [-0.39, 0.29) is 30.6 Å². The lowest BCUT2D eigenvalue weighted by molar-refractivity contribution is -0.137. The monoisotopic (exact) mass is 464 g/mol. The van der Waals surface area contributed by atoms with Gasteiger partial charge in [-0.05, 0) is 44.7 Å². The molecular weight excluding hydrogens is 432 g/mol. The summed E-state index contributed by atoms with van der Waals surface area (Å²) in [5.41, 5.74) is 1.48. The molecule has 34 heavy (non-hydrogen) atoms. The number of hydrogen-bond acceptors (Lipinski definition) is 5. The van der Waals surface area contributed by atoms with Gasteiger partial charge in [0.25, 0.3) is 0 Å². The van der Waals surface area contributed by atoms with Gasteiger partial charge in [0.2, 0.25) is 5.91 Å². The number of carbonyl (C=O) groups excluding carboxylic acids is 3. The number of rotatable bonds is 6. The second-order valence-electron chi connectivity index (χ2n) is 10.1. The molecule has 0 saturated carbocycles. The minimum absolute atomic E-state index is 0.0639. The number of benzene rings is 2. The summed E-state index contributed by atoms with van der Waals surface area (Å²) in [6.07, 6.45) is 0.0730. The van der Waals surface area contributed by atoms with Crippen LogP contribution in [-0.4, -0.2) is 59.2 Å². The van der Waals surface area contributed by atoms with E-state index in [2.05, 4.69) is 0 Å². The lowest BCUT2D eigenvalue weighted by atomic mass is 9.80. The summed E-state index contributed by atoms with van der Waals surface area (Å²) < 4.78 is 10.8. The van der Waals surface area contributed by atoms with Gasteiger partial charge in [0, 0.05) is 24.9 Å². The zero-order valence-electron chi connectivity index (χ0n) is 20.0. The highest BCUT2D eigenvalue weighted by atomic mass is 16.6. The first-order chi connectivity index (χ1) is 16.2. The standard InChI is InChI=1S/C27H32N2O5/c1-27(2,3)34-25(31)28-16-21(17-28)23(15-20-12-8-5-9-13-20)24(30)29-22(18-33-26(29)32)14-19-10-6-4-7-11-19/h4-13,21-23H,14-18H2,1-3H3/t22-,23-/m0/s1.